The summed E-state index contributed by atoms with van der Waals surface area (Å²) in [6.07, 6.45) is -0.382. The molecule has 14 heavy (non-hydrogen) atoms. The predicted octanol–water partition coefficient (Wildman–Crippen LogP) is 1.36. The first kappa shape index (κ1) is 13.2. The summed E-state index contributed by atoms with van der Waals surface area (Å²) in [5.74, 6) is 0.344. The predicted molar refractivity (Wildman–Crippen MR) is 57.3 cm³/mol. The molecule has 4 nitrogen and oxygen atoms in total. The van der Waals surface area contributed by atoms with E-state index in [9.17, 15) is 4.79 Å². The molecule has 0 saturated heterocycles. The second-order valence-electron chi connectivity index (χ2n) is 4.33. The highest BCUT2D eigenvalue weighted by atomic mass is 16.5. The molecule has 1 unspecified atom stereocenters. The van der Waals surface area contributed by atoms with E-state index in [0.29, 0.717) is 5.92 Å². The molecular weight excluding hydrogens is 180 g/mol. The Kier molecular flexibility index (Phi) is 4.91. The van der Waals surface area contributed by atoms with Crippen LogP contribution in [0.5, 0.6) is 0 Å². The topological polar surface area (TPSA) is 50.4 Å². The lowest BCUT2D eigenvalue weighted by Gasteiger charge is -2.37. The van der Waals surface area contributed by atoms with Crippen LogP contribution < -0.4 is 10.6 Å². The van der Waals surface area contributed by atoms with Crippen LogP contribution in [0.15, 0.2) is 0 Å². The summed E-state index contributed by atoms with van der Waals surface area (Å²) in [5, 5.41) is 6.02. The average molecular weight is 202 g/mol. The van der Waals surface area contributed by atoms with Crippen molar-refractivity contribution in [2.45, 2.75) is 39.3 Å². The van der Waals surface area contributed by atoms with E-state index >= 15 is 0 Å². The highest BCUT2D eigenvalue weighted by molar-refractivity contribution is 5.67. The van der Waals surface area contributed by atoms with Gasteiger partial charge in [0.15, 0.2) is 0 Å². The van der Waals surface area contributed by atoms with Gasteiger partial charge in [-0.05, 0) is 26.8 Å². The van der Waals surface area contributed by atoms with Crippen molar-refractivity contribution in [2.75, 3.05) is 14.2 Å². The van der Waals surface area contributed by atoms with E-state index in [0.717, 1.165) is 0 Å². The molecule has 0 rings (SSSR count). The molecule has 0 radical (unpaired) electrons. The minimum Gasteiger partial charge on any atom is -0.453 e. The van der Waals surface area contributed by atoms with Gasteiger partial charge < -0.3 is 15.4 Å². The van der Waals surface area contributed by atoms with Gasteiger partial charge in [0.05, 0.1) is 13.2 Å². The fourth-order valence-corrected chi connectivity index (χ4v) is 1.52. The fraction of sp³-hybridized carbons (Fsp3) is 0.900. The number of hydrogen-bond acceptors (Lipinski definition) is 3. The quantitative estimate of drug-likeness (QED) is 0.724. The van der Waals surface area contributed by atoms with Crippen LogP contribution in [-0.4, -0.2) is 31.8 Å². The second-order valence-corrected chi connectivity index (χ2v) is 4.33. The van der Waals surface area contributed by atoms with E-state index in [2.05, 4.69) is 29.2 Å². The second kappa shape index (κ2) is 5.20. The van der Waals surface area contributed by atoms with Crippen LogP contribution in [0.4, 0.5) is 4.79 Å². The largest absolute Gasteiger partial charge is 0.453 e. The molecular formula is C10H22N2O2. The van der Waals surface area contributed by atoms with E-state index in [1.165, 1.54) is 7.11 Å². The standard InChI is InChI=1S/C10H22N2O2/c1-7(2)8(10(3,4)11-5)12-9(13)14-6/h7-8,11H,1-6H3,(H,12,13). The molecule has 84 valence electrons. The normalized spacial score (nSPS) is 13.9. The number of hydrogen-bond donors (Lipinski definition) is 2. The number of carbonyl (C=O) groups is 1. The molecule has 0 fully saturated rings. The Morgan fingerprint density at radius 2 is 1.86 bits per heavy atom. The Morgan fingerprint density at radius 3 is 2.14 bits per heavy atom. The van der Waals surface area contributed by atoms with E-state index in [4.69, 9.17) is 0 Å². The first-order chi connectivity index (χ1) is 6.35. The van der Waals surface area contributed by atoms with Gasteiger partial charge >= 0.3 is 6.09 Å². The molecule has 1 atom stereocenters. The van der Waals surface area contributed by atoms with E-state index in [1.54, 1.807) is 0 Å². The zero-order valence-corrected chi connectivity index (χ0v) is 9.97. The van der Waals surface area contributed by atoms with E-state index in [1.807, 2.05) is 20.9 Å². The molecule has 0 aromatic rings. The molecule has 0 aliphatic heterocycles. The van der Waals surface area contributed by atoms with Crippen LogP contribution in [0.2, 0.25) is 0 Å². The Bertz CT molecular complexity index is 191. The van der Waals surface area contributed by atoms with Gasteiger partial charge in [-0.2, -0.15) is 0 Å². The highest BCUT2D eigenvalue weighted by Crippen LogP contribution is 2.16. The van der Waals surface area contributed by atoms with Crippen molar-refractivity contribution in [3.8, 4) is 0 Å². The van der Waals surface area contributed by atoms with Crippen LogP contribution in [0, 0.1) is 5.92 Å². The maximum atomic E-state index is 11.1. The van der Waals surface area contributed by atoms with Gasteiger partial charge in [-0.25, -0.2) is 4.79 Å². The van der Waals surface area contributed by atoms with Crippen molar-refractivity contribution in [2.24, 2.45) is 5.92 Å². The Hall–Kier alpha value is -0.770. The summed E-state index contributed by atoms with van der Waals surface area (Å²) >= 11 is 0. The van der Waals surface area contributed by atoms with Gasteiger partial charge in [0.25, 0.3) is 0 Å². The van der Waals surface area contributed by atoms with Crippen LogP contribution in [0.25, 0.3) is 0 Å². The van der Waals surface area contributed by atoms with Crippen LogP contribution >= 0.6 is 0 Å². The molecule has 4 heteroatoms. The first-order valence-electron chi connectivity index (χ1n) is 4.88. The van der Waals surface area contributed by atoms with Gasteiger partial charge in [-0.3, -0.25) is 0 Å². The lowest BCUT2D eigenvalue weighted by molar-refractivity contribution is 0.149. The van der Waals surface area contributed by atoms with Crippen molar-refractivity contribution in [1.29, 1.82) is 0 Å². The highest BCUT2D eigenvalue weighted by Gasteiger charge is 2.31. The lowest BCUT2D eigenvalue weighted by atomic mass is 9.86. The maximum Gasteiger partial charge on any atom is 0.407 e. The van der Waals surface area contributed by atoms with E-state index in [-0.39, 0.29) is 17.7 Å². The smallest absolute Gasteiger partial charge is 0.407 e. The van der Waals surface area contributed by atoms with Crippen molar-refractivity contribution in [3.05, 3.63) is 0 Å². The summed E-state index contributed by atoms with van der Waals surface area (Å²) in [6, 6.07) is 0.0416. The number of alkyl carbamates (subject to hydrolysis) is 1. The minimum atomic E-state index is -0.382. The van der Waals surface area contributed by atoms with Crippen LogP contribution in [0.3, 0.4) is 0 Å². The van der Waals surface area contributed by atoms with Gasteiger partial charge in [0.1, 0.15) is 0 Å². The average Bonchev–Trinajstić information content (AvgIpc) is 2.12. The summed E-state index contributed by atoms with van der Waals surface area (Å²) in [6.45, 7) is 8.24. The summed E-state index contributed by atoms with van der Waals surface area (Å²) in [7, 11) is 3.26. The molecule has 0 aliphatic carbocycles. The molecule has 2 N–H and O–H groups in total. The van der Waals surface area contributed by atoms with Crippen LogP contribution in [-0.2, 0) is 4.74 Å². The van der Waals surface area contributed by atoms with Gasteiger partial charge in [0, 0.05) is 5.54 Å². The van der Waals surface area contributed by atoms with Gasteiger partial charge in [-0.1, -0.05) is 13.8 Å². The zero-order valence-electron chi connectivity index (χ0n) is 9.97. The van der Waals surface area contributed by atoms with Crippen molar-refractivity contribution in [1.82, 2.24) is 10.6 Å². The molecule has 0 bridgehead atoms. The molecule has 0 saturated carbocycles. The molecule has 0 aliphatic rings. The van der Waals surface area contributed by atoms with Crippen molar-refractivity contribution in [3.63, 3.8) is 0 Å². The van der Waals surface area contributed by atoms with Crippen molar-refractivity contribution < 1.29 is 9.53 Å². The number of rotatable bonds is 4. The SMILES string of the molecule is CNC(C)(C)C(NC(=O)OC)C(C)C. The number of amides is 1. The number of ether oxygens (including phenoxy) is 1. The Balaban J connectivity index is 4.52. The van der Waals surface area contributed by atoms with Crippen molar-refractivity contribution >= 4 is 6.09 Å². The monoisotopic (exact) mass is 202 g/mol. The molecule has 0 heterocycles. The minimum absolute atomic E-state index is 0.0416. The number of nitrogens with one attached hydrogen (secondary N) is 2. The summed E-state index contributed by atoms with van der Waals surface area (Å²) < 4.78 is 4.59. The van der Waals surface area contributed by atoms with Crippen LogP contribution in [0.1, 0.15) is 27.7 Å². The molecule has 1 amide bonds. The Labute approximate surface area is 86.4 Å². The third-order valence-electron chi connectivity index (χ3n) is 2.55. The third kappa shape index (κ3) is 3.54. The fourth-order valence-electron chi connectivity index (χ4n) is 1.52. The Morgan fingerprint density at radius 1 is 1.36 bits per heavy atom. The molecule has 0 spiro atoms. The maximum absolute atomic E-state index is 11.1. The zero-order chi connectivity index (χ0) is 11.4. The summed E-state index contributed by atoms with van der Waals surface area (Å²) in [4.78, 5) is 11.1. The lowest BCUT2D eigenvalue weighted by Crippen LogP contribution is -2.58. The first-order valence-corrected chi connectivity index (χ1v) is 4.88. The van der Waals surface area contributed by atoms with Gasteiger partial charge in [-0.15, -0.1) is 0 Å². The summed E-state index contributed by atoms with van der Waals surface area (Å²) in [5.41, 5.74) is -0.150. The molecule has 0 aromatic carbocycles. The number of carbonyl (C=O) groups excluding carboxylic acids is 1. The van der Waals surface area contributed by atoms with E-state index < -0.39 is 0 Å². The third-order valence-corrected chi connectivity index (χ3v) is 2.55. The number of methoxy groups -OCH3 is 1. The number of likely N-dealkylation sites (N-methyl/N-ethyl adjacent to an activating group) is 1. The molecule has 0 aromatic heterocycles. The van der Waals surface area contributed by atoms with Gasteiger partial charge in [0.2, 0.25) is 0 Å².